The van der Waals surface area contributed by atoms with Crippen LogP contribution in [0.3, 0.4) is 0 Å². The molecule has 1 aliphatic carbocycles. The van der Waals surface area contributed by atoms with Gasteiger partial charge < -0.3 is 15.4 Å². The van der Waals surface area contributed by atoms with Crippen molar-refractivity contribution in [2.24, 2.45) is 0 Å². The van der Waals surface area contributed by atoms with Gasteiger partial charge in [-0.3, -0.25) is 9.69 Å². The number of carbonyl (C=O) groups excluding carboxylic acids is 1. The Kier molecular flexibility index (Phi) is 8.69. The average Bonchev–Trinajstić information content (AvgIpc) is 2.91. The lowest BCUT2D eigenvalue weighted by Gasteiger charge is -2.36. The minimum absolute atomic E-state index is 0. The third-order valence-electron chi connectivity index (χ3n) is 5.42. The molecule has 0 radical (unpaired) electrons. The van der Waals surface area contributed by atoms with E-state index in [-0.39, 0.29) is 24.4 Å². The molecule has 1 amide bonds. The largest absolute Gasteiger partial charge is 0.496 e. The van der Waals surface area contributed by atoms with Gasteiger partial charge in [0.2, 0.25) is 5.91 Å². The average molecular weight is 382 g/mol. The summed E-state index contributed by atoms with van der Waals surface area (Å²) in [6, 6.07) is 8.66. The zero-order valence-electron chi connectivity index (χ0n) is 15.7. The molecule has 1 aliphatic heterocycles. The van der Waals surface area contributed by atoms with Crippen LogP contribution in [0.15, 0.2) is 24.3 Å². The van der Waals surface area contributed by atoms with E-state index in [1.54, 1.807) is 7.11 Å². The molecule has 2 fully saturated rings. The number of ether oxygens (including phenoxy) is 1. The number of carbonyl (C=O) groups is 1. The number of halogens is 1. The standard InChI is InChI=1S/C20H31N3O2.ClH/c1-25-19-11-7-6-10-17(19)18-14-21-12-13-23(18)15-20(24)22-16-8-4-2-3-5-9-16;/h6-7,10-11,16,18,21H,2-5,8-9,12-15H2,1H3,(H,22,24);1H. The minimum atomic E-state index is 0. The monoisotopic (exact) mass is 381 g/mol. The highest BCUT2D eigenvalue weighted by atomic mass is 35.5. The molecule has 2 N–H and O–H groups in total. The number of para-hydroxylation sites is 1. The Morgan fingerprint density at radius 1 is 1.23 bits per heavy atom. The smallest absolute Gasteiger partial charge is 0.234 e. The topological polar surface area (TPSA) is 53.6 Å². The maximum atomic E-state index is 12.6. The molecule has 1 aromatic rings. The number of piperazine rings is 1. The van der Waals surface area contributed by atoms with Crippen molar-refractivity contribution in [3.05, 3.63) is 29.8 Å². The molecule has 1 saturated heterocycles. The van der Waals surface area contributed by atoms with Gasteiger partial charge in [0.25, 0.3) is 0 Å². The third-order valence-corrected chi connectivity index (χ3v) is 5.42. The fourth-order valence-electron chi connectivity index (χ4n) is 4.07. The molecule has 1 saturated carbocycles. The van der Waals surface area contributed by atoms with E-state index in [1.165, 1.54) is 25.7 Å². The highest BCUT2D eigenvalue weighted by Gasteiger charge is 2.28. The second-order valence-electron chi connectivity index (χ2n) is 7.19. The molecule has 1 unspecified atom stereocenters. The Morgan fingerprint density at radius 2 is 1.96 bits per heavy atom. The SMILES string of the molecule is COc1ccccc1C1CNCCN1CC(=O)NC1CCCCCC1.Cl. The molecule has 1 aromatic carbocycles. The van der Waals surface area contributed by atoms with Gasteiger partial charge in [0.15, 0.2) is 0 Å². The molecule has 146 valence electrons. The molecule has 0 spiro atoms. The summed E-state index contributed by atoms with van der Waals surface area (Å²) in [5.74, 6) is 1.05. The second-order valence-corrected chi connectivity index (χ2v) is 7.19. The van der Waals surface area contributed by atoms with Crippen LogP contribution in [0.1, 0.15) is 50.1 Å². The van der Waals surface area contributed by atoms with Gasteiger partial charge in [-0.25, -0.2) is 0 Å². The van der Waals surface area contributed by atoms with Crippen LogP contribution < -0.4 is 15.4 Å². The van der Waals surface area contributed by atoms with E-state index in [1.807, 2.05) is 18.2 Å². The van der Waals surface area contributed by atoms with Gasteiger partial charge in [-0.2, -0.15) is 0 Å². The van der Waals surface area contributed by atoms with E-state index < -0.39 is 0 Å². The van der Waals surface area contributed by atoms with Crippen molar-refractivity contribution in [2.75, 3.05) is 33.3 Å². The normalized spacial score (nSPS) is 22.1. The van der Waals surface area contributed by atoms with Gasteiger partial charge in [0, 0.05) is 31.2 Å². The van der Waals surface area contributed by atoms with E-state index in [4.69, 9.17) is 4.74 Å². The maximum absolute atomic E-state index is 12.6. The zero-order valence-corrected chi connectivity index (χ0v) is 16.5. The maximum Gasteiger partial charge on any atom is 0.234 e. The summed E-state index contributed by atoms with van der Waals surface area (Å²) in [5.41, 5.74) is 1.15. The lowest BCUT2D eigenvalue weighted by Crippen LogP contribution is -2.50. The van der Waals surface area contributed by atoms with Gasteiger partial charge in [-0.05, 0) is 18.9 Å². The zero-order chi connectivity index (χ0) is 17.5. The molecule has 3 rings (SSSR count). The Bertz CT molecular complexity index is 562. The van der Waals surface area contributed by atoms with Gasteiger partial charge in [0.05, 0.1) is 19.7 Å². The molecular formula is C20H32ClN3O2. The number of nitrogens with zero attached hydrogens (tertiary/aromatic N) is 1. The summed E-state index contributed by atoms with van der Waals surface area (Å²) in [6.45, 7) is 3.10. The van der Waals surface area contributed by atoms with Crippen molar-refractivity contribution in [2.45, 2.75) is 50.6 Å². The van der Waals surface area contributed by atoms with Crippen molar-refractivity contribution < 1.29 is 9.53 Å². The van der Waals surface area contributed by atoms with Crippen LogP contribution >= 0.6 is 12.4 Å². The van der Waals surface area contributed by atoms with E-state index >= 15 is 0 Å². The number of methoxy groups -OCH3 is 1. The molecule has 2 aliphatic rings. The highest BCUT2D eigenvalue weighted by molar-refractivity contribution is 5.85. The number of amides is 1. The first-order valence-electron chi connectivity index (χ1n) is 9.65. The van der Waals surface area contributed by atoms with Crippen LogP contribution in [-0.4, -0.2) is 50.1 Å². The predicted octanol–water partition coefficient (Wildman–Crippen LogP) is 2.90. The number of hydrogen-bond acceptors (Lipinski definition) is 4. The fourth-order valence-corrected chi connectivity index (χ4v) is 4.07. The second kappa shape index (κ2) is 10.8. The summed E-state index contributed by atoms with van der Waals surface area (Å²) in [6.07, 6.45) is 7.34. The molecule has 0 bridgehead atoms. The molecule has 1 heterocycles. The summed E-state index contributed by atoms with van der Waals surface area (Å²) in [5, 5.41) is 6.72. The number of nitrogens with one attached hydrogen (secondary N) is 2. The summed E-state index contributed by atoms with van der Waals surface area (Å²) in [4.78, 5) is 14.9. The van der Waals surface area contributed by atoms with Crippen LogP contribution in [0.4, 0.5) is 0 Å². The Morgan fingerprint density at radius 3 is 2.69 bits per heavy atom. The third kappa shape index (κ3) is 5.60. The van der Waals surface area contributed by atoms with Crippen LogP contribution in [0.2, 0.25) is 0 Å². The number of rotatable bonds is 5. The molecule has 1 atom stereocenters. The highest BCUT2D eigenvalue weighted by Crippen LogP contribution is 2.30. The summed E-state index contributed by atoms with van der Waals surface area (Å²) >= 11 is 0. The van der Waals surface area contributed by atoms with Crippen molar-refractivity contribution in [1.82, 2.24) is 15.5 Å². The number of benzene rings is 1. The van der Waals surface area contributed by atoms with E-state index in [2.05, 4.69) is 21.6 Å². The van der Waals surface area contributed by atoms with Gasteiger partial charge in [-0.15, -0.1) is 12.4 Å². The van der Waals surface area contributed by atoms with Crippen LogP contribution in [-0.2, 0) is 4.79 Å². The van der Waals surface area contributed by atoms with E-state index in [0.717, 1.165) is 43.8 Å². The first-order chi connectivity index (χ1) is 12.3. The van der Waals surface area contributed by atoms with Crippen molar-refractivity contribution in [3.8, 4) is 5.75 Å². The molecule has 0 aromatic heterocycles. The van der Waals surface area contributed by atoms with Gasteiger partial charge in [0.1, 0.15) is 5.75 Å². The Balaban J connectivity index is 0.00000243. The van der Waals surface area contributed by atoms with E-state index in [9.17, 15) is 4.79 Å². The molecule has 5 nitrogen and oxygen atoms in total. The molecule has 6 heteroatoms. The van der Waals surface area contributed by atoms with Crippen LogP contribution in [0.5, 0.6) is 5.75 Å². The predicted molar refractivity (Wildman–Crippen MR) is 107 cm³/mol. The number of hydrogen-bond donors (Lipinski definition) is 2. The fraction of sp³-hybridized carbons (Fsp3) is 0.650. The minimum Gasteiger partial charge on any atom is -0.496 e. The summed E-state index contributed by atoms with van der Waals surface area (Å²) in [7, 11) is 1.71. The van der Waals surface area contributed by atoms with Crippen molar-refractivity contribution >= 4 is 18.3 Å². The molecular weight excluding hydrogens is 350 g/mol. The summed E-state index contributed by atoms with van der Waals surface area (Å²) < 4.78 is 5.53. The Hall–Kier alpha value is -1.30. The van der Waals surface area contributed by atoms with E-state index in [0.29, 0.717) is 12.6 Å². The van der Waals surface area contributed by atoms with Gasteiger partial charge in [-0.1, -0.05) is 43.9 Å². The first-order valence-corrected chi connectivity index (χ1v) is 9.65. The quantitative estimate of drug-likeness (QED) is 0.770. The Labute approximate surface area is 163 Å². The van der Waals surface area contributed by atoms with Gasteiger partial charge >= 0.3 is 0 Å². The first kappa shape index (κ1) is 21.0. The van der Waals surface area contributed by atoms with Crippen LogP contribution in [0.25, 0.3) is 0 Å². The lowest BCUT2D eigenvalue weighted by atomic mass is 10.0. The lowest BCUT2D eigenvalue weighted by molar-refractivity contribution is -0.123. The van der Waals surface area contributed by atoms with Crippen LogP contribution in [0, 0.1) is 0 Å². The van der Waals surface area contributed by atoms with Crippen molar-refractivity contribution in [3.63, 3.8) is 0 Å². The molecule has 26 heavy (non-hydrogen) atoms. The van der Waals surface area contributed by atoms with Crippen molar-refractivity contribution in [1.29, 1.82) is 0 Å².